The Kier molecular flexibility index (Phi) is 9.21. The van der Waals surface area contributed by atoms with Crippen molar-refractivity contribution in [2.45, 2.75) is 46.6 Å². The number of halogens is 3. The molecule has 0 aromatic heterocycles. The smallest absolute Gasteiger partial charge is 0.282 e. The molecule has 3 aromatic rings. The summed E-state index contributed by atoms with van der Waals surface area (Å²) in [5.74, 6) is -1.19. The summed E-state index contributed by atoms with van der Waals surface area (Å²) in [6.07, 6.45) is 1.72. The van der Waals surface area contributed by atoms with Crippen molar-refractivity contribution in [3.8, 4) is 0 Å². The number of fused-ring (bicyclic) bond motifs is 1. The van der Waals surface area contributed by atoms with E-state index in [4.69, 9.17) is 34.8 Å². The van der Waals surface area contributed by atoms with Gasteiger partial charge in [0.1, 0.15) is 0 Å². The molecule has 0 saturated carbocycles. The summed E-state index contributed by atoms with van der Waals surface area (Å²) in [7, 11) is 0. The standard InChI is InChI=1S/C30H31Cl3N4O2/c1-5-13-36(18(2)3)21-10-11-25(19(4)15-21)34-28(29(38)35-26-17-23(32)22(31)16-24(26)33)30(39)37-14-12-20-8-6-7-9-27(20)37/h6-11,15-18H,5,12-14H2,1-4H3,(H,35,38). The highest BCUT2D eigenvalue weighted by molar-refractivity contribution is 6.69. The maximum absolute atomic E-state index is 13.9. The van der Waals surface area contributed by atoms with Gasteiger partial charge in [0.2, 0.25) is 0 Å². The fourth-order valence-corrected chi connectivity index (χ4v) is 5.26. The van der Waals surface area contributed by atoms with E-state index >= 15 is 0 Å². The molecule has 1 aliphatic rings. The number of rotatable bonds is 8. The molecular weight excluding hydrogens is 555 g/mol. The van der Waals surface area contributed by atoms with E-state index in [-0.39, 0.29) is 26.5 Å². The molecule has 204 valence electrons. The number of anilines is 3. The van der Waals surface area contributed by atoms with Gasteiger partial charge in [0.15, 0.2) is 5.71 Å². The Morgan fingerprint density at radius 1 is 1.03 bits per heavy atom. The number of carbonyl (C=O) groups is 2. The van der Waals surface area contributed by atoms with Crippen molar-refractivity contribution in [3.05, 3.63) is 80.8 Å². The van der Waals surface area contributed by atoms with Crippen LogP contribution in [0.4, 0.5) is 22.7 Å². The third kappa shape index (κ3) is 6.40. The van der Waals surface area contributed by atoms with Gasteiger partial charge in [0.25, 0.3) is 11.8 Å². The van der Waals surface area contributed by atoms with E-state index in [9.17, 15) is 9.59 Å². The molecule has 0 radical (unpaired) electrons. The minimum Gasteiger partial charge on any atom is -0.369 e. The molecule has 0 bridgehead atoms. The Morgan fingerprint density at radius 2 is 1.74 bits per heavy atom. The monoisotopic (exact) mass is 584 g/mol. The molecule has 6 nitrogen and oxygen atoms in total. The number of aryl methyl sites for hydroxylation is 1. The van der Waals surface area contributed by atoms with Crippen LogP contribution < -0.4 is 15.1 Å². The van der Waals surface area contributed by atoms with E-state index in [1.54, 1.807) is 4.90 Å². The van der Waals surface area contributed by atoms with Gasteiger partial charge in [0, 0.05) is 30.5 Å². The summed E-state index contributed by atoms with van der Waals surface area (Å²) in [6.45, 7) is 9.75. The molecule has 1 heterocycles. The molecule has 0 saturated heterocycles. The number of aliphatic imine (C=N–C) groups is 1. The van der Waals surface area contributed by atoms with Crippen LogP contribution >= 0.6 is 34.8 Å². The van der Waals surface area contributed by atoms with Crippen molar-refractivity contribution in [2.75, 3.05) is 28.2 Å². The molecule has 0 aliphatic carbocycles. The summed E-state index contributed by atoms with van der Waals surface area (Å²) in [5.41, 5.74) is 4.25. The summed E-state index contributed by atoms with van der Waals surface area (Å²) in [4.78, 5) is 36.0. The Balaban J connectivity index is 1.74. The molecule has 0 atom stereocenters. The van der Waals surface area contributed by atoms with Gasteiger partial charge >= 0.3 is 0 Å². The van der Waals surface area contributed by atoms with Crippen LogP contribution in [0.15, 0.2) is 59.6 Å². The predicted octanol–water partition coefficient (Wildman–Crippen LogP) is 7.88. The fraction of sp³-hybridized carbons (Fsp3) is 0.300. The van der Waals surface area contributed by atoms with Gasteiger partial charge in [-0.15, -0.1) is 0 Å². The second-order valence-electron chi connectivity index (χ2n) is 9.75. The van der Waals surface area contributed by atoms with Gasteiger partial charge in [-0.1, -0.05) is 59.9 Å². The second-order valence-corrected chi connectivity index (χ2v) is 11.0. The number of nitrogens with zero attached hydrogens (tertiary/aromatic N) is 3. The maximum atomic E-state index is 13.9. The predicted molar refractivity (Wildman–Crippen MR) is 164 cm³/mol. The highest BCUT2D eigenvalue weighted by Crippen LogP contribution is 2.33. The molecule has 4 rings (SSSR count). The van der Waals surface area contributed by atoms with Crippen LogP contribution in [0.5, 0.6) is 0 Å². The molecule has 2 amide bonds. The van der Waals surface area contributed by atoms with Crippen LogP contribution in [0, 0.1) is 6.92 Å². The lowest BCUT2D eigenvalue weighted by Crippen LogP contribution is -2.41. The van der Waals surface area contributed by atoms with Crippen molar-refractivity contribution >= 4 is 75.1 Å². The first-order valence-corrected chi connectivity index (χ1v) is 14.1. The lowest BCUT2D eigenvalue weighted by atomic mass is 10.1. The van der Waals surface area contributed by atoms with E-state index in [0.717, 1.165) is 35.5 Å². The lowest BCUT2D eigenvalue weighted by Gasteiger charge is -2.29. The van der Waals surface area contributed by atoms with Crippen molar-refractivity contribution in [1.29, 1.82) is 0 Å². The molecule has 9 heteroatoms. The molecule has 39 heavy (non-hydrogen) atoms. The zero-order valence-electron chi connectivity index (χ0n) is 22.4. The topological polar surface area (TPSA) is 65.0 Å². The molecule has 1 aliphatic heterocycles. The first kappa shape index (κ1) is 28.9. The van der Waals surface area contributed by atoms with Crippen LogP contribution in [0.3, 0.4) is 0 Å². The zero-order valence-corrected chi connectivity index (χ0v) is 24.7. The van der Waals surface area contributed by atoms with Gasteiger partial charge in [-0.25, -0.2) is 4.99 Å². The third-order valence-corrected chi connectivity index (χ3v) is 7.68. The summed E-state index contributed by atoms with van der Waals surface area (Å²) in [6, 6.07) is 16.7. The largest absolute Gasteiger partial charge is 0.369 e. The minimum atomic E-state index is -0.692. The number of carbonyl (C=O) groups excluding carboxylic acids is 2. The number of amides is 2. The van der Waals surface area contributed by atoms with Crippen molar-refractivity contribution < 1.29 is 9.59 Å². The van der Waals surface area contributed by atoms with Crippen LogP contribution in [0.25, 0.3) is 0 Å². The number of nitrogens with one attached hydrogen (secondary N) is 1. The second kappa shape index (κ2) is 12.4. The third-order valence-electron chi connectivity index (χ3n) is 6.64. The summed E-state index contributed by atoms with van der Waals surface area (Å²) < 4.78 is 0. The average molecular weight is 586 g/mol. The van der Waals surface area contributed by atoms with Crippen molar-refractivity contribution in [1.82, 2.24) is 0 Å². The molecule has 3 aromatic carbocycles. The lowest BCUT2D eigenvalue weighted by molar-refractivity contribution is -0.115. The van der Waals surface area contributed by atoms with Crippen LogP contribution in [-0.2, 0) is 16.0 Å². The molecule has 0 spiro atoms. The Labute approximate surface area is 244 Å². The van der Waals surface area contributed by atoms with Crippen LogP contribution in [0.1, 0.15) is 38.3 Å². The first-order chi connectivity index (χ1) is 18.6. The minimum absolute atomic E-state index is 0.196. The SMILES string of the molecule is CCCN(c1ccc(N=C(C(=O)Nc2cc(Cl)c(Cl)cc2Cl)C(=O)N2CCc3ccccc32)c(C)c1)C(C)C. The normalized spacial score (nSPS) is 13.0. The molecule has 0 fully saturated rings. The van der Waals surface area contributed by atoms with Gasteiger partial charge in [-0.3, -0.25) is 9.59 Å². The first-order valence-electron chi connectivity index (χ1n) is 12.9. The van der Waals surface area contributed by atoms with Gasteiger partial charge < -0.3 is 15.1 Å². The van der Waals surface area contributed by atoms with E-state index in [1.165, 1.54) is 12.1 Å². The Bertz CT molecular complexity index is 1440. The van der Waals surface area contributed by atoms with E-state index in [0.29, 0.717) is 24.7 Å². The van der Waals surface area contributed by atoms with Crippen molar-refractivity contribution in [3.63, 3.8) is 0 Å². The number of benzene rings is 3. The molecule has 1 N–H and O–H groups in total. The Morgan fingerprint density at radius 3 is 2.44 bits per heavy atom. The summed E-state index contributed by atoms with van der Waals surface area (Å²) in [5, 5.41) is 3.38. The number of hydrogen-bond acceptors (Lipinski definition) is 4. The highest BCUT2D eigenvalue weighted by Gasteiger charge is 2.32. The van der Waals surface area contributed by atoms with E-state index in [1.807, 2.05) is 49.4 Å². The number of hydrogen-bond donors (Lipinski definition) is 1. The van der Waals surface area contributed by atoms with Gasteiger partial charge in [-0.2, -0.15) is 0 Å². The van der Waals surface area contributed by atoms with E-state index < -0.39 is 11.8 Å². The quantitative estimate of drug-likeness (QED) is 0.166. The molecule has 0 unspecified atom stereocenters. The van der Waals surface area contributed by atoms with Gasteiger partial charge in [0.05, 0.1) is 26.4 Å². The average Bonchev–Trinajstić information content (AvgIpc) is 3.33. The van der Waals surface area contributed by atoms with Crippen molar-refractivity contribution in [2.24, 2.45) is 4.99 Å². The highest BCUT2D eigenvalue weighted by atomic mass is 35.5. The van der Waals surface area contributed by atoms with E-state index in [2.05, 4.69) is 36.0 Å². The van der Waals surface area contributed by atoms with Gasteiger partial charge in [-0.05, 0) is 81.1 Å². The fourth-order valence-electron chi connectivity index (χ4n) is 4.66. The Hall–Kier alpha value is -3.06. The molecular formula is C30H31Cl3N4O2. The van der Waals surface area contributed by atoms with Crippen LogP contribution in [0.2, 0.25) is 15.1 Å². The maximum Gasteiger partial charge on any atom is 0.282 e. The zero-order chi connectivity index (χ0) is 28.3. The summed E-state index contributed by atoms with van der Waals surface area (Å²) >= 11 is 18.5. The van der Waals surface area contributed by atoms with Crippen LogP contribution in [-0.4, -0.2) is 36.7 Å². The number of para-hydroxylation sites is 1.